The molecule has 1 N–H and O–H groups in total. The Morgan fingerprint density at radius 1 is 1.53 bits per heavy atom. The lowest BCUT2D eigenvalue weighted by Gasteiger charge is -2.21. The molecule has 88 valence electrons. The second-order valence-electron chi connectivity index (χ2n) is 4.21. The van der Waals surface area contributed by atoms with Crippen molar-refractivity contribution in [2.45, 2.75) is 25.8 Å². The van der Waals surface area contributed by atoms with Crippen LogP contribution in [0.3, 0.4) is 0 Å². The molecule has 2 aromatic heterocycles. The van der Waals surface area contributed by atoms with Gasteiger partial charge < -0.3 is 5.32 Å². The fraction of sp³-hybridized carbons (Fsp3) is 0.455. The molecule has 1 saturated heterocycles. The van der Waals surface area contributed by atoms with Gasteiger partial charge in [-0.1, -0.05) is 0 Å². The number of fused-ring (bicyclic) bond motifs is 1. The molecule has 0 aliphatic carbocycles. The van der Waals surface area contributed by atoms with Crippen LogP contribution in [0.15, 0.2) is 6.20 Å². The minimum absolute atomic E-state index is 0.0417. The van der Waals surface area contributed by atoms with E-state index in [1.54, 1.807) is 6.20 Å². The van der Waals surface area contributed by atoms with Crippen molar-refractivity contribution < 1.29 is 4.79 Å². The van der Waals surface area contributed by atoms with E-state index in [0.29, 0.717) is 25.2 Å². The summed E-state index contributed by atoms with van der Waals surface area (Å²) in [6, 6.07) is -0.0417. The number of carbonyl (C=O) groups is 1. The van der Waals surface area contributed by atoms with Gasteiger partial charge in [-0.3, -0.25) is 4.79 Å². The second kappa shape index (κ2) is 4.12. The monoisotopic (exact) mass is 248 g/mol. The first kappa shape index (κ1) is 10.7. The second-order valence-corrected chi connectivity index (χ2v) is 5.01. The Labute approximate surface area is 102 Å². The molecule has 6 heteroatoms. The van der Waals surface area contributed by atoms with Crippen molar-refractivity contribution in [1.82, 2.24) is 19.7 Å². The van der Waals surface area contributed by atoms with E-state index < -0.39 is 0 Å². The van der Waals surface area contributed by atoms with E-state index in [9.17, 15) is 4.79 Å². The molecule has 1 fully saturated rings. The van der Waals surface area contributed by atoms with Crippen LogP contribution in [0.1, 0.15) is 30.4 Å². The molecule has 2 aromatic rings. The van der Waals surface area contributed by atoms with Gasteiger partial charge in [0.1, 0.15) is 17.1 Å². The zero-order valence-electron chi connectivity index (χ0n) is 9.43. The van der Waals surface area contributed by atoms with Crippen LogP contribution in [0.2, 0.25) is 0 Å². The maximum absolute atomic E-state index is 11.4. The number of carbonyl (C=O) groups excluding carboxylic acids is 1. The van der Waals surface area contributed by atoms with E-state index in [1.165, 1.54) is 11.5 Å². The molecule has 3 heterocycles. The van der Waals surface area contributed by atoms with Crippen LogP contribution in [-0.2, 0) is 4.79 Å². The summed E-state index contributed by atoms with van der Waals surface area (Å²) in [4.78, 5) is 20.3. The van der Waals surface area contributed by atoms with Gasteiger partial charge in [0, 0.05) is 19.4 Å². The van der Waals surface area contributed by atoms with Gasteiger partial charge in [0.25, 0.3) is 0 Å². The third-order valence-corrected chi connectivity index (χ3v) is 3.80. The standard InChI is InChI=1S/C11H12N4OS/c1-6-10-9(17-15-6)5-13-11(14-10)8-4-7(16)2-3-12-8/h5,8,12H,2-4H2,1H3. The van der Waals surface area contributed by atoms with Crippen LogP contribution in [0.5, 0.6) is 0 Å². The number of nitrogens with one attached hydrogen (secondary N) is 1. The fourth-order valence-electron chi connectivity index (χ4n) is 2.01. The van der Waals surface area contributed by atoms with Gasteiger partial charge >= 0.3 is 0 Å². The van der Waals surface area contributed by atoms with E-state index in [4.69, 9.17) is 0 Å². The maximum Gasteiger partial charge on any atom is 0.146 e. The largest absolute Gasteiger partial charge is 0.306 e. The molecule has 1 unspecified atom stereocenters. The first-order valence-corrected chi connectivity index (χ1v) is 6.35. The van der Waals surface area contributed by atoms with E-state index in [1.807, 2.05) is 6.92 Å². The quantitative estimate of drug-likeness (QED) is 0.826. The first-order chi connectivity index (χ1) is 8.24. The Balaban J connectivity index is 1.99. The zero-order chi connectivity index (χ0) is 11.8. The molecule has 1 aliphatic heterocycles. The van der Waals surface area contributed by atoms with Gasteiger partial charge in [0.2, 0.25) is 0 Å². The smallest absolute Gasteiger partial charge is 0.146 e. The summed E-state index contributed by atoms with van der Waals surface area (Å²) in [6.07, 6.45) is 2.89. The Bertz CT molecular complexity index is 580. The van der Waals surface area contributed by atoms with Gasteiger partial charge in [-0.2, -0.15) is 4.37 Å². The van der Waals surface area contributed by atoms with Crippen molar-refractivity contribution in [3.8, 4) is 0 Å². The minimum atomic E-state index is -0.0417. The van der Waals surface area contributed by atoms with Gasteiger partial charge in [-0.15, -0.1) is 0 Å². The topological polar surface area (TPSA) is 67.8 Å². The lowest BCUT2D eigenvalue weighted by atomic mass is 10.0. The molecule has 0 saturated carbocycles. The summed E-state index contributed by atoms with van der Waals surface area (Å²) >= 11 is 1.41. The third kappa shape index (κ3) is 1.94. The number of aromatic nitrogens is 3. The first-order valence-electron chi connectivity index (χ1n) is 5.58. The summed E-state index contributed by atoms with van der Waals surface area (Å²) in [5, 5.41) is 3.28. The molecular formula is C11H12N4OS. The summed E-state index contributed by atoms with van der Waals surface area (Å²) in [7, 11) is 0. The van der Waals surface area contributed by atoms with E-state index in [2.05, 4.69) is 19.7 Å². The Morgan fingerprint density at radius 2 is 2.41 bits per heavy atom. The van der Waals surface area contributed by atoms with Crippen LogP contribution in [0.25, 0.3) is 10.2 Å². The number of hydrogen-bond donors (Lipinski definition) is 1. The van der Waals surface area contributed by atoms with Crippen LogP contribution in [0.4, 0.5) is 0 Å². The van der Waals surface area contributed by atoms with Crippen molar-refractivity contribution >= 4 is 27.5 Å². The molecule has 0 radical (unpaired) electrons. The number of Topliss-reactive ketones (excluding diaryl/α,β-unsaturated/α-hetero) is 1. The number of aryl methyl sites for hydroxylation is 1. The third-order valence-electron chi connectivity index (χ3n) is 2.94. The average molecular weight is 248 g/mol. The summed E-state index contributed by atoms with van der Waals surface area (Å²) in [5.41, 5.74) is 1.83. The number of hydrogen-bond acceptors (Lipinski definition) is 6. The van der Waals surface area contributed by atoms with Gasteiger partial charge in [0.15, 0.2) is 0 Å². The molecule has 0 bridgehead atoms. The predicted octanol–water partition coefficient (Wildman–Crippen LogP) is 1.39. The van der Waals surface area contributed by atoms with E-state index >= 15 is 0 Å². The Kier molecular flexibility index (Phi) is 2.60. The molecule has 0 amide bonds. The highest BCUT2D eigenvalue weighted by atomic mass is 32.1. The summed E-state index contributed by atoms with van der Waals surface area (Å²) in [6.45, 7) is 2.65. The molecule has 17 heavy (non-hydrogen) atoms. The van der Waals surface area contributed by atoms with E-state index in [0.717, 1.165) is 15.9 Å². The Hall–Kier alpha value is -1.40. The lowest BCUT2D eigenvalue weighted by Crippen LogP contribution is -2.32. The van der Waals surface area contributed by atoms with Crippen LogP contribution >= 0.6 is 11.5 Å². The highest BCUT2D eigenvalue weighted by Crippen LogP contribution is 2.23. The van der Waals surface area contributed by atoms with Crippen molar-refractivity contribution in [3.63, 3.8) is 0 Å². The zero-order valence-corrected chi connectivity index (χ0v) is 10.3. The Morgan fingerprint density at radius 3 is 3.24 bits per heavy atom. The van der Waals surface area contributed by atoms with Crippen LogP contribution < -0.4 is 5.32 Å². The normalized spacial score (nSPS) is 21.0. The van der Waals surface area contributed by atoms with Crippen molar-refractivity contribution in [2.75, 3.05) is 6.54 Å². The minimum Gasteiger partial charge on any atom is -0.306 e. The molecule has 5 nitrogen and oxygen atoms in total. The van der Waals surface area contributed by atoms with Crippen molar-refractivity contribution in [1.29, 1.82) is 0 Å². The molecule has 1 aliphatic rings. The van der Waals surface area contributed by atoms with Crippen LogP contribution in [-0.4, -0.2) is 26.7 Å². The molecule has 3 rings (SSSR count). The summed E-state index contributed by atoms with van der Waals surface area (Å²) in [5.74, 6) is 0.978. The highest BCUT2D eigenvalue weighted by molar-refractivity contribution is 7.13. The van der Waals surface area contributed by atoms with Crippen LogP contribution in [0, 0.1) is 6.92 Å². The predicted molar refractivity (Wildman–Crippen MR) is 64.9 cm³/mol. The van der Waals surface area contributed by atoms with E-state index in [-0.39, 0.29) is 11.8 Å². The number of ketones is 1. The maximum atomic E-state index is 11.4. The molecule has 1 atom stereocenters. The molecule has 0 aromatic carbocycles. The van der Waals surface area contributed by atoms with Gasteiger partial charge in [0.05, 0.1) is 22.6 Å². The lowest BCUT2D eigenvalue weighted by molar-refractivity contribution is -0.120. The highest BCUT2D eigenvalue weighted by Gasteiger charge is 2.23. The van der Waals surface area contributed by atoms with Crippen molar-refractivity contribution in [2.24, 2.45) is 0 Å². The number of rotatable bonds is 1. The van der Waals surface area contributed by atoms with Crippen molar-refractivity contribution in [3.05, 3.63) is 17.7 Å². The van der Waals surface area contributed by atoms with Gasteiger partial charge in [-0.25, -0.2) is 9.97 Å². The summed E-state index contributed by atoms with van der Waals surface area (Å²) < 4.78 is 5.24. The molecule has 0 spiro atoms. The fourth-order valence-corrected chi connectivity index (χ4v) is 2.71. The molecular weight excluding hydrogens is 236 g/mol. The average Bonchev–Trinajstić information content (AvgIpc) is 2.71. The number of nitrogens with zero attached hydrogens (tertiary/aromatic N) is 3. The van der Waals surface area contributed by atoms with Gasteiger partial charge in [-0.05, 0) is 18.5 Å². The number of piperidine rings is 1. The SMILES string of the molecule is Cc1nsc2cnc(C3CC(=O)CCN3)nc12.